The fourth-order valence-electron chi connectivity index (χ4n) is 1.97. The molecule has 1 aromatic rings. The minimum Gasteiger partial charge on any atom is -0.444 e. The van der Waals surface area contributed by atoms with Crippen molar-refractivity contribution in [1.29, 1.82) is 0 Å². The Hall–Kier alpha value is -1.95. The van der Waals surface area contributed by atoms with E-state index in [1.54, 1.807) is 18.5 Å². The van der Waals surface area contributed by atoms with Crippen molar-refractivity contribution in [1.82, 2.24) is 15.3 Å². The van der Waals surface area contributed by atoms with Gasteiger partial charge in [0.15, 0.2) is 0 Å². The van der Waals surface area contributed by atoms with Crippen molar-refractivity contribution in [2.24, 2.45) is 0 Å². The van der Waals surface area contributed by atoms with Crippen molar-refractivity contribution in [2.75, 3.05) is 6.54 Å². The van der Waals surface area contributed by atoms with Crippen LogP contribution in [0, 0.1) is 6.92 Å². The number of rotatable bonds is 8. The van der Waals surface area contributed by atoms with E-state index < -0.39 is 11.7 Å². The van der Waals surface area contributed by atoms with Gasteiger partial charge in [0.05, 0.1) is 6.10 Å². The first-order valence-electron chi connectivity index (χ1n) is 8.38. The molecule has 1 aromatic heterocycles. The first-order valence-corrected chi connectivity index (χ1v) is 8.38. The Morgan fingerprint density at radius 1 is 1.29 bits per heavy atom. The van der Waals surface area contributed by atoms with Crippen molar-refractivity contribution in [3.8, 4) is 0 Å². The Morgan fingerprint density at radius 2 is 1.96 bits per heavy atom. The van der Waals surface area contributed by atoms with E-state index in [1.807, 2.05) is 33.8 Å². The molecule has 0 fully saturated rings. The summed E-state index contributed by atoms with van der Waals surface area (Å²) in [5.74, 6) is 0.729. The molecule has 24 heavy (non-hydrogen) atoms. The molecule has 0 aliphatic rings. The van der Waals surface area contributed by atoms with Gasteiger partial charge in [0.25, 0.3) is 0 Å². The lowest BCUT2D eigenvalue weighted by atomic mass is 10.1. The summed E-state index contributed by atoms with van der Waals surface area (Å²) in [6.07, 6.45) is 9.57. The first kappa shape index (κ1) is 20.1. The third-order valence-electron chi connectivity index (χ3n) is 3.16. The van der Waals surface area contributed by atoms with E-state index in [9.17, 15) is 9.90 Å². The Bertz CT molecular complexity index is 521. The summed E-state index contributed by atoms with van der Waals surface area (Å²) in [6, 6.07) is 0. The molecule has 6 heteroatoms. The van der Waals surface area contributed by atoms with Gasteiger partial charge in [-0.05, 0) is 40.5 Å². The van der Waals surface area contributed by atoms with Gasteiger partial charge < -0.3 is 15.2 Å². The Balaban J connectivity index is 2.10. The summed E-state index contributed by atoms with van der Waals surface area (Å²) < 4.78 is 5.15. The molecule has 0 aliphatic carbocycles. The van der Waals surface area contributed by atoms with E-state index in [-0.39, 0.29) is 6.09 Å². The molecule has 0 bridgehead atoms. The van der Waals surface area contributed by atoms with E-state index >= 15 is 0 Å². The van der Waals surface area contributed by atoms with Crippen LogP contribution in [0.25, 0.3) is 6.08 Å². The number of aliphatic hydroxyl groups excluding tert-OH is 1. The van der Waals surface area contributed by atoms with Crippen LogP contribution in [-0.4, -0.2) is 39.4 Å². The highest BCUT2D eigenvalue weighted by atomic mass is 16.6. The van der Waals surface area contributed by atoms with E-state index in [0.717, 1.165) is 30.7 Å². The number of unbranched alkanes of at least 4 members (excludes halogenated alkanes) is 2. The van der Waals surface area contributed by atoms with Gasteiger partial charge >= 0.3 is 6.09 Å². The zero-order valence-corrected chi connectivity index (χ0v) is 15.1. The predicted molar refractivity (Wildman–Crippen MR) is 94.5 cm³/mol. The third-order valence-corrected chi connectivity index (χ3v) is 3.16. The highest BCUT2D eigenvalue weighted by Crippen LogP contribution is 2.08. The van der Waals surface area contributed by atoms with Gasteiger partial charge in [-0.25, -0.2) is 14.8 Å². The number of carbonyl (C=O) groups is 1. The maximum absolute atomic E-state index is 11.4. The highest BCUT2D eigenvalue weighted by Gasteiger charge is 2.15. The summed E-state index contributed by atoms with van der Waals surface area (Å²) in [5.41, 5.74) is 0.407. The number of nitrogens with one attached hydrogen (secondary N) is 1. The summed E-state index contributed by atoms with van der Waals surface area (Å²) in [7, 11) is 0. The van der Waals surface area contributed by atoms with Crippen molar-refractivity contribution in [2.45, 2.75) is 65.1 Å². The van der Waals surface area contributed by atoms with Crippen LogP contribution in [0.1, 0.15) is 57.8 Å². The molecule has 1 heterocycles. The van der Waals surface area contributed by atoms with Crippen LogP contribution in [0.2, 0.25) is 0 Å². The van der Waals surface area contributed by atoms with Crippen LogP contribution in [-0.2, 0) is 4.74 Å². The van der Waals surface area contributed by atoms with Gasteiger partial charge in [-0.15, -0.1) is 0 Å². The van der Waals surface area contributed by atoms with Crippen molar-refractivity contribution in [3.63, 3.8) is 0 Å². The van der Waals surface area contributed by atoms with Crippen LogP contribution < -0.4 is 5.32 Å². The number of aliphatic hydroxyl groups is 1. The molecule has 1 rings (SSSR count). The second kappa shape index (κ2) is 10.0. The monoisotopic (exact) mass is 335 g/mol. The Kier molecular flexibility index (Phi) is 8.40. The number of amides is 1. The lowest BCUT2D eigenvalue weighted by molar-refractivity contribution is 0.0526. The van der Waals surface area contributed by atoms with Crippen molar-refractivity contribution >= 4 is 12.2 Å². The molecule has 6 nitrogen and oxygen atoms in total. The molecule has 0 spiro atoms. The summed E-state index contributed by atoms with van der Waals surface area (Å²) >= 11 is 0. The van der Waals surface area contributed by atoms with Crippen LogP contribution in [0.4, 0.5) is 4.79 Å². The Labute approximate surface area is 144 Å². The van der Waals surface area contributed by atoms with Crippen LogP contribution >= 0.6 is 0 Å². The van der Waals surface area contributed by atoms with E-state index in [2.05, 4.69) is 15.3 Å². The minimum absolute atomic E-state index is 0.384. The lowest BCUT2D eigenvalue weighted by Crippen LogP contribution is -2.32. The summed E-state index contributed by atoms with van der Waals surface area (Å²) in [5, 5.41) is 12.6. The average molecular weight is 335 g/mol. The number of carbonyl (C=O) groups excluding carboxylic acids is 1. The maximum atomic E-state index is 11.4. The van der Waals surface area contributed by atoms with Crippen molar-refractivity contribution < 1.29 is 14.6 Å². The number of alkyl carbamates (subject to hydrolysis) is 1. The first-order chi connectivity index (χ1) is 11.3. The molecule has 1 unspecified atom stereocenters. The maximum Gasteiger partial charge on any atom is 0.407 e. The fraction of sp³-hybridized carbons (Fsp3) is 0.611. The number of aryl methyl sites for hydroxylation is 1. The fourth-order valence-corrected chi connectivity index (χ4v) is 1.97. The number of ether oxygens (including phenoxy) is 1. The third kappa shape index (κ3) is 9.94. The molecule has 0 radical (unpaired) electrons. The molecular weight excluding hydrogens is 306 g/mol. The molecule has 0 aromatic carbocycles. The van der Waals surface area contributed by atoms with Crippen molar-refractivity contribution in [3.05, 3.63) is 29.9 Å². The number of nitrogens with zero attached hydrogens (tertiary/aromatic N) is 2. The largest absolute Gasteiger partial charge is 0.444 e. The van der Waals surface area contributed by atoms with Gasteiger partial charge in [-0.1, -0.05) is 25.0 Å². The number of aromatic nitrogens is 2. The molecule has 0 saturated heterocycles. The predicted octanol–water partition coefficient (Wildman–Crippen LogP) is 3.24. The Morgan fingerprint density at radius 3 is 2.58 bits per heavy atom. The standard InChI is InChI=1S/C18H29N3O3/c1-14-20-12-15(13-21-14)9-10-16(22)8-6-5-7-11-19-17(23)24-18(2,3)4/h9-10,12-13,16,22H,5-8,11H2,1-4H3,(H,19,23)/b10-9+. The molecule has 1 amide bonds. The molecule has 134 valence electrons. The normalized spacial score (nSPS) is 13.0. The molecule has 0 saturated carbocycles. The van der Waals surface area contributed by atoms with Crippen LogP contribution in [0.15, 0.2) is 18.5 Å². The van der Waals surface area contributed by atoms with E-state index in [0.29, 0.717) is 13.0 Å². The van der Waals surface area contributed by atoms with Gasteiger partial charge in [0.2, 0.25) is 0 Å². The number of hydrogen-bond donors (Lipinski definition) is 2. The minimum atomic E-state index is -0.481. The average Bonchev–Trinajstić information content (AvgIpc) is 2.48. The van der Waals surface area contributed by atoms with Gasteiger partial charge in [0.1, 0.15) is 11.4 Å². The van der Waals surface area contributed by atoms with Crippen LogP contribution in [0.5, 0.6) is 0 Å². The van der Waals surface area contributed by atoms with Gasteiger partial charge in [-0.3, -0.25) is 0 Å². The smallest absolute Gasteiger partial charge is 0.407 e. The SMILES string of the molecule is Cc1ncc(/C=C/C(O)CCCCCNC(=O)OC(C)(C)C)cn1. The molecule has 2 N–H and O–H groups in total. The zero-order valence-electron chi connectivity index (χ0n) is 15.1. The summed E-state index contributed by atoms with van der Waals surface area (Å²) in [4.78, 5) is 19.6. The topological polar surface area (TPSA) is 84.3 Å². The van der Waals surface area contributed by atoms with Crippen LogP contribution in [0.3, 0.4) is 0 Å². The highest BCUT2D eigenvalue weighted by molar-refractivity contribution is 5.67. The lowest BCUT2D eigenvalue weighted by Gasteiger charge is -2.19. The molecule has 1 atom stereocenters. The molecular formula is C18H29N3O3. The van der Waals surface area contributed by atoms with Gasteiger partial charge in [-0.2, -0.15) is 0 Å². The van der Waals surface area contributed by atoms with E-state index in [4.69, 9.17) is 4.74 Å². The summed E-state index contributed by atoms with van der Waals surface area (Å²) in [6.45, 7) is 7.93. The number of hydrogen-bond acceptors (Lipinski definition) is 5. The zero-order chi connectivity index (χ0) is 18.0. The van der Waals surface area contributed by atoms with Gasteiger partial charge in [0, 0.05) is 24.5 Å². The second-order valence-corrected chi connectivity index (χ2v) is 6.77. The second-order valence-electron chi connectivity index (χ2n) is 6.77. The quantitative estimate of drug-likeness (QED) is 0.712. The van der Waals surface area contributed by atoms with E-state index in [1.165, 1.54) is 0 Å². The molecule has 0 aliphatic heterocycles.